The van der Waals surface area contributed by atoms with Gasteiger partial charge in [0.05, 0.1) is 19.3 Å². The topological polar surface area (TPSA) is 41.5 Å². The van der Waals surface area contributed by atoms with E-state index in [9.17, 15) is 5.11 Å². The Balaban J connectivity index is 1.59. The monoisotopic (exact) mass is 239 g/mol. The highest BCUT2D eigenvalue weighted by Gasteiger charge is 2.53. The molecule has 6 atom stereocenters. The molecule has 0 aromatic rings. The molecule has 17 heavy (non-hydrogen) atoms. The van der Waals surface area contributed by atoms with Crippen LogP contribution in [0.1, 0.15) is 32.1 Å². The highest BCUT2D eigenvalue weighted by Crippen LogP contribution is 2.58. The summed E-state index contributed by atoms with van der Waals surface area (Å²) in [5, 5.41) is 13.0. The minimum atomic E-state index is 0.129. The maximum absolute atomic E-state index is 9.33. The molecule has 3 aliphatic carbocycles. The Labute approximate surface area is 104 Å². The molecule has 0 aliphatic heterocycles. The first-order chi connectivity index (χ1) is 8.33. The van der Waals surface area contributed by atoms with Gasteiger partial charge in [-0.25, -0.2) is 0 Å². The van der Waals surface area contributed by atoms with Crippen molar-refractivity contribution in [1.29, 1.82) is 0 Å². The molecule has 3 nitrogen and oxygen atoms in total. The number of aliphatic hydroxyl groups excluding tert-OH is 1. The zero-order valence-electron chi connectivity index (χ0n) is 10.8. The van der Waals surface area contributed by atoms with Gasteiger partial charge >= 0.3 is 0 Å². The molecule has 0 saturated heterocycles. The van der Waals surface area contributed by atoms with Gasteiger partial charge in [-0.15, -0.1) is 0 Å². The van der Waals surface area contributed by atoms with Crippen LogP contribution in [0.4, 0.5) is 0 Å². The maximum atomic E-state index is 9.33. The van der Waals surface area contributed by atoms with E-state index in [-0.39, 0.29) is 12.6 Å². The Hall–Kier alpha value is -0.120. The van der Waals surface area contributed by atoms with Crippen molar-refractivity contribution in [2.45, 2.75) is 44.2 Å². The number of aliphatic hydroxyl groups is 1. The number of fused-ring (bicyclic) bond motifs is 5. The first-order valence-corrected chi connectivity index (χ1v) is 7.19. The summed E-state index contributed by atoms with van der Waals surface area (Å²) in [6.07, 6.45) is 7.18. The summed E-state index contributed by atoms with van der Waals surface area (Å²) < 4.78 is 5.15. The van der Waals surface area contributed by atoms with E-state index in [0.717, 1.165) is 23.7 Å². The molecule has 0 aromatic heterocycles. The van der Waals surface area contributed by atoms with Crippen LogP contribution in [-0.2, 0) is 4.74 Å². The minimum absolute atomic E-state index is 0.129. The van der Waals surface area contributed by atoms with Gasteiger partial charge in [-0.05, 0) is 49.4 Å². The molecule has 0 aromatic carbocycles. The molecule has 3 heteroatoms. The van der Waals surface area contributed by atoms with Crippen LogP contribution in [0.2, 0.25) is 0 Å². The number of methoxy groups -OCH3 is 1. The van der Waals surface area contributed by atoms with Crippen LogP contribution < -0.4 is 5.32 Å². The van der Waals surface area contributed by atoms with Crippen LogP contribution in [0.25, 0.3) is 0 Å². The van der Waals surface area contributed by atoms with Gasteiger partial charge in [0.1, 0.15) is 0 Å². The number of rotatable bonds is 5. The number of ether oxygens (including phenoxy) is 1. The van der Waals surface area contributed by atoms with Crippen molar-refractivity contribution < 1.29 is 9.84 Å². The van der Waals surface area contributed by atoms with Crippen molar-refractivity contribution >= 4 is 0 Å². The molecular formula is C14H25NO2. The lowest BCUT2D eigenvalue weighted by molar-refractivity contribution is 0.106. The standard InChI is InChI=1S/C14H25NO2/c1-17-8-10(7-16)15-14-6-9-5-13(14)12-4-2-3-11(9)12/h9-16H,2-8H2,1H3. The van der Waals surface area contributed by atoms with Crippen LogP contribution in [0.15, 0.2) is 0 Å². The van der Waals surface area contributed by atoms with E-state index in [0.29, 0.717) is 12.6 Å². The molecular weight excluding hydrogens is 214 g/mol. The summed E-state index contributed by atoms with van der Waals surface area (Å²) in [6.45, 7) is 0.814. The van der Waals surface area contributed by atoms with E-state index >= 15 is 0 Å². The number of hydrogen-bond donors (Lipinski definition) is 2. The van der Waals surface area contributed by atoms with E-state index in [1.165, 1.54) is 32.1 Å². The van der Waals surface area contributed by atoms with Crippen molar-refractivity contribution in [3.05, 3.63) is 0 Å². The van der Waals surface area contributed by atoms with Crippen LogP contribution in [0, 0.1) is 23.7 Å². The Kier molecular flexibility index (Phi) is 3.42. The fourth-order valence-corrected chi connectivity index (χ4v) is 4.92. The van der Waals surface area contributed by atoms with Gasteiger partial charge in [-0.2, -0.15) is 0 Å². The fourth-order valence-electron chi connectivity index (χ4n) is 4.92. The molecule has 2 N–H and O–H groups in total. The summed E-state index contributed by atoms with van der Waals surface area (Å²) in [5.41, 5.74) is 0. The third kappa shape index (κ3) is 2.02. The van der Waals surface area contributed by atoms with Gasteiger partial charge in [0.25, 0.3) is 0 Å². The summed E-state index contributed by atoms with van der Waals surface area (Å²) >= 11 is 0. The summed E-state index contributed by atoms with van der Waals surface area (Å²) in [6, 6.07) is 0.774. The molecule has 3 rings (SSSR count). The highest BCUT2D eigenvalue weighted by molar-refractivity contribution is 5.05. The second-order valence-corrected chi connectivity index (χ2v) is 6.26. The van der Waals surface area contributed by atoms with Crippen LogP contribution in [0.5, 0.6) is 0 Å². The zero-order valence-corrected chi connectivity index (χ0v) is 10.8. The average Bonchev–Trinajstić information content (AvgIpc) is 2.99. The molecule has 0 radical (unpaired) electrons. The second kappa shape index (κ2) is 4.87. The molecule has 0 amide bonds. The van der Waals surface area contributed by atoms with Gasteiger partial charge in [-0.1, -0.05) is 6.42 Å². The fraction of sp³-hybridized carbons (Fsp3) is 1.00. The number of nitrogens with one attached hydrogen (secondary N) is 1. The molecule has 2 bridgehead atoms. The average molecular weight is 239 g/mol. The first-order valence-electron chi connectivity index (χ1n) is 7.19. The molecule has 3 fully saturated rings. The van der Waals surface area contributed by atoms with Crippen molar-refractivity contribution in [1.82, 2.24) is 5.32 Å². The minimum Gasteiger partial charge on any atom is -0.395 e. The molecule has 98 valence electrons. The Bertz CT molecular complexity index is 271. The van der Waals surface area contributed by atoms with E-state index in [4.69, 9.17) is 4.74 Å². The normalized spacial score (nSPS) is 45.2. The zero-order chi connectivity index (χ0) is 11.8. The van der Waals surface area contributed by atoms with Gasteiger partial charge in [0, 0.05) is 13.2 Å². The van der Waals surface area contributed by atoms with E-state index in [2.05, 4.69) is 5.32 Å². The molecule has 0 spiro atoms. The summed E-state index contributed by atoms with van der Waals surface area (Å²) in [7, 11) is 1.71. The highest BCUT2D eigenvalue weighted by atomic mass is 16.5. The second-order valence-electron chi connectivity index (χ2n) is 6.26. The molecule has 3 aliphatic rings. The summed E-state index contributed by atoms with van der Waals surface area (Å²) in [5.74, 6) is 3.91. The smallest absolute Gasteiger partial charge is 0.0638 e. The Morgan fingerprint density at radius 1 is 1.24 bits per heavy atom. The Morgan fingerprint density at radius 3 is 2.82 bits per heavy atom. The van der Waals surface area contributed by atoms with Crippen LogP contribution in [0.3, 0.4) is 0 Å². The lowest BCUT2D eigenvalue weighted by Crippen LogP contribution is -2.47. The first kappa shape index (κ1) is 11.9. The summed E-state index contributed by atoms with van der Waals surface area (Å²) in [4.78, 5) is 0. The van der Waals surface area contributed by atoms with E-state index in [1.54, 1.807) is 7.11 Å². The third-order valence-electron chi connectivity index (χ3n) is 5.47. The lowest BCUT2D eigenvalue weighted by Gasteiger charge is -2.34. The van der Waals surface area contributed by atoms with Crippen molar-refractivity contribution in [3.8, 4) is 0 Å². The van der Waals surface area contributed by atoms with Crippen molar-refractivity contribution in [2.75, 3.05) is 20.3 Å². The molecule has 6 unspecified atom stereocenters. The SMILES string of the molecule is COCC(CO)NC1CC2CC1C1CCCC21. The van der Waals surface area contributed by atoms with Gasteiger partial charge in [0.2, 0.25) is 0 Å². The van der Waals surface area contributed by atoms with Gasteiger partial charge in [-0.3, -0.25) is 0 Å². The quantitative estimate of drug-likeness (QED) is 0.762. The van der Waals surface area contributed by atoms with Crippen LogP contribution in [-0.4, -0.2) is 37.5 Å². The predicted octanol–water partition coefficient (Wildman–Crippen LogP) is 1.41. The lowest BCUT2D eigenvalue weighted by atomic mass is 9.79. The molecule has 0 heterocycles. The maximum Gasteiger partial charge on any atom is 0.0638 e. The van der Waals surface area contributed by atoms with Crippen LogP contribution >= 0.6 is 0 Å². The van der Waals surface area contributed by atoms with Crippen molar-refractivity contribution in [3.63, 3.8) is 0 Å². The van der Waals surface area contributed by atoms with Gasteiger partial charge < -0.3 is 15.2 Å². The molecule has 3 saturated carbocycles. The largest absolute Gasteiger partial charge is 0.395 e. The van der Waals surface area contributed by atoms with Crippen molar-refractivity contribution in [2.24, 2.45) is 23.7 Å². The van der Waals surface area contributed by atoms with E-state index in [1.807, 2.05) is 0 Å². The van der Waals surface area contributed by atoms with Gasteiger partial charge in [0.15, 0.2) is 0 Å². The predicted molar refractivity (Wildman–Crippen MR) is 66.7 cm³/mol. The third-order valence-corrected chi connectivity index (χ3v) is 5.47. The number of hydrogen-bond acceptors (Lipinski definition) is 3. The Morgan fingerprint density at radius 2 is 2.06 bits per heavy atom. The van der Waals surface area contributed by atoms with E-state index < -0.39 is 0 Å².